The largest absolute Gasteiger partial charge is 0.394 e. The molecule has 0 amide bonds. The van der Waals surface area contributed by atoms with Gasteiger partial charge in [-0.15, -0.1) is 5.10 Å². The lowest BCUT2D eigenvalue weighted by atomic mass is 9.97. The summed E-state index contributed by atoms with van der Waals surface area (Å²) >= 11 is 19.1. The Morgan fingerprint density at radius 3 is 2.21 bits per heavy atom. The molecule has 4 rings (SSSR count). The van der Waals surface area contributed by atoms with Crippen molar-refractivity contribution in [3.63, 3.8) is 0 Å². The van der Waals surface area contributed by atoms with Crippen molar-refractivity contribution in [2.75, 3.05) is 6.61 Å². The Bertz CT molecular complexity index is 1170. The molecule has 3 N–H and O–H groups in total. The zero-order valence-corrected chi connectivity index (χ0v) is 19.8. The second-order valence-electron chi connectivity index (χ2n) is 7.35. The molecule has 1 aliphatic heterocycles. The highest BCUT2D eigenvalue weighted by molar-refractivity contribution is 7.99. The van der Waals surface area contributed by atoms with Crippen LogP contribution in [-0.4, -0.2) is 60.7 Å². The van der Waals surface area contributed by atoms with E-state index < -0.39 is 53.8 Å². The first kappa shape index (κ1) is 25.5. The molecule has 0 aliphatic carbocycles. The molecule has 2 heterocycles. The van der Waals surface area contributed by atoms with E-state index in [1.54, 1.807) is 0 Å². The van der Waals surface area contributed by atoms with Crippen LogP contribution in [0.3, 0.4) is 0 Å². The third-order valence-corrected chi connectivity index (χ3v) is 7.48. The van der Waals surface area contributed by atoms with Crippen LogP contribution >= 0.6 is 46.6 Å². The number of benzene rings is 2. The van der Waals surface area contributed by atoms with Gasteiger partial charge in [-0.1, -0.05) is 51.8 Å². The fraction of sp³-hybridized carbons (Fsp3) is 0.300. The number of nitrogens with zero attached hydrogens (tertiary/aromatic N) is 3. The van der Waals surface area contributed by atoms with Gasteiger partial charge in [0.15, 0.2) is 17.5 Å². The van der Waals surface area contributed by atoms with Crippen LogP contribution in [0.2, 0.25) is 15.1 Å². The van der Waals surface area contributed by atoms with Gasteiger partial charge < -0.3 is 20.1 Å². The van der Waals surface area contributed by atoms with Crippen LogP contribution in [0.15, 0.2) is 35.4 Å². The van der Waals surface area contributed by atoms with Gasteiger partial charge in [0.1, 0.15) is 35.5 Å². The van der Waals surface area contributed by atoms with Gasteiger partial charge in [-0.05, 0) is 24.3 Å². The van der Waals surface area contributed by atoms with E-state index in [2.05, 4.69) is 10.3 Å². The van der Waals surface area contributed by atoms with Gasteiger partial charge in [0, 0.05) is 10.5 Å². The molecule has 7 nitrogen and oxygen atoms in total. The molecule has 0 radical (unpaired) electrons. The van der Waals surface area contributed by atoms with Gasteiger partial charge >= 0.3 is 0 Å². The van der Waals surface area contributed by atoms with Crippen molar-refractivity contribution in [2.24, 2.45) is 0 Å². The highest BCUT2D eigenvalue weighted by Gasteiger charge is 2.46. The van der Waals surface area contributed by atoms with Gasteiger partial charge in [-0.25, -0.2) is 17.9 Å². The number of hydrogen-bond acceptors (Lipinski definition) is 7. The first-order valence-electron chi connectivity index (χ1n) is 9.61. The number of thioether (sulfide) groups is 1. The third-order valence-electron chi connectivity index (χ3n) is 5.15. The Labute approximate surface area is 210 Å². The SMILES string of the molecule is OCC1OC(Sc2cc(Cl)c(Cl)c(Cl)c2)[C@@H](O)C(n2cc(-c3cc(F)c(F)c(F)c3)nn2)C1O. The summed E-state index contributed by atoms with van der Waals surface area (Å²) in [7, 11) is 0. The van der Waals surface area contributed by atoms with Crippen LogP contribution in [0.4, 0.5) is 13.2 Å². The van der Waals surface area contributed by atoms with Crippen molar-refractivity contribution >= 4 is 46.6 Å². The van der Waals surface area contributed by atoms with Gasteiger partial charge in [0.25, 0.3) is 0 Å². The summed E-state index contributed by atoms with van der Waals surface area (Å²) in [4.78, 5) is 0.492. The van der Waals surface area contributed by atoms with Gasteiger partial charge in [-0.2, -0.15) is 0 Å². The minimum atomic E-state index is -1.63. The molecule has 0 saturated carbocycles. The van der Waals surface area contributed by atoms with Gasteiger partial charge in [-0.3, -0.25) is 0 Å². The molecule has 182 valence electrons. The van der Waals surface area contributed by atoms with Crippen molar-refractivity contribution in [1.82, 2.24) is 15.0 Å². The lowest BCUT2D eigenvalue weighted by Gasteiger charge is -2.41. The third kappa shape index (κ3) is 4.89. The molecule has 1 saturated heterocycles. The van der Waals surface area contributed by atoms with E-state index in [1.165, 1.54) is 18.3 Å². The first-order chi connectivity index (χ1) is 16.1. The standard InChI is InChI=1S/C20H15Cl3F3N3O4S/c21-9-3-8(4-10(22)15(9)23)34-20-19(32)17(18(31)14(6-30)33-20)29-5-13(27-28-29)7-1-11(24)16(26)12(25)2-7/h1-5,14,17-20,30-32H,6H2/t14?,17?,18?,19-,20?/m0/s1. The molecule has 14 heteroatoms. The lowest BCUT2D eigenvalue weighted by Crippen LogP contribution is -2.55. The van der Waals surface area contributed by atoms with Crippen LogP contribution in [0.1, 0.15) is 6.04 Å². The van der Waals surface area contributed by atoms with Gasteiger partial charge in [0.2, 0.25) is 0 Å². The first-order valence-corrected chi connectivity index (χ1v) is 11.6. The Morgan fingerprint density at radius 2 is 1.62 bits per heavy atom. The highest BCUT2D eigenvalue weighted by atomic mass is 35.5. The number of ether oxygens (including phenoxy) is 1. The second kappa shape index (κ2) is 10.2. The smallest absolute Gasteiger partial charge is 0.194 e. The zero-order chi connectivity index (χ0) is 24.7. The van der Waals surface area contributed by atoms with E-state index in [0.717, 1.165) is 28.6 Å². The molecule has 5 atom stereocenters. The molecule has 1 fully saturated rings. The average molecular weight is 557 g/mol. The summed E-state index contributed by atoms with van der Waals surface area (Å²) in [6, 6.07) is 3.34. The zero-order valence-electron chi connectivity index (χ0n) is 16.7. The normalized spacial score (nSPS) is 25.0. The Hall–Kier alpha value is -1.57. The lowest BCUT2D eigenvalue weighted by molar-refractivity contribution is -0.178. The van der Waals surface area contributed by atoms with Crippen molar-refractivity contribution in [3.05, 3.63) is 63.0 Å². The van der Waals surface area contributed by atoms with Crippen molar-refractivity contribution in [1.29, 1.82) is 0 Å². The molecule has 0 bridgehead atoms. The molecule has 4 unspecified atom stereocenters. The summed E-state index contributed by atoms with van der Waals surface area (Å²) < 4.78 is 47.3. The molecule has 1 aromatic heterocycles. The summed E-state index contributed by atoms with van der Waals surface area (Å²) in [5.74, 6) is -4.44. The predicted octanol–water partition coefficient (Wildman–Crippen LogP) is 4.10. The fourth-order valence-corrected chi connectivity index (χ4v) is 5.33. The Kier molecular flexibility index (Phi) is 7.65. The van der Waals surface area contributed by atoms with Gasteiger partial charge in [0.05, 0.1) is 27.9 Å². The summed E-state index contributed by atoms with van der Waals surface area (Å²) in [5.41, 5.74) is -1.16. The number of rotatable bonds is 5. The number of aliphatic hydroxyl groups excluding tert-OH is 3. The van der Waals surface area contributed by atoms with Crippen LogP contribution in [0.5, 0.6) is 0 Å². The molecule has 1 aliphatic rings. The molecule has 34 heavy (non-hydrogen) atoms. The average Bonchev–Trinajstić information content (AvgIpc) is 3.27. The molecular weight excluding hydrogens is 542 g/mol. The number of hydrogen-bond donors (Lipinski definition) is 3. The molecule has 0 spiro atoms. The summed E-state index contributed by atoms with van der Waals surface area (Å²) in [6.45, 7) is -0.584. The summed E-state index contributed by atoms with van der Waals surface area (Å²) in [6.07, 6.45) is -2.71. The Balaban J connectivity index is 1.64. The topological polar surface area (TPSA) is 101 Å². The van der Waals surface area contributed by atoms with Crippen LogP contribution < -0.4 is 0 Å². The van der Waals surface area contributed by atoms with Crippen molar-refractivity contribution in [2.45, 2.75) is 34.7 Å². The van der Waals surface area contributed by atoms with Crippen LogP contribution in [0, 0.1) is 17.5 Å². The van der Waals surface area contributed by atoms with E-state index in [4.69, 9.17) is 39.5 Å². The van der Waals surface area contributed by atoms with Crippen LogP contribution in [0.25, 0.3) is 11.3 Å². The van der Waals surface area contributed by atoms with Crippen molar-refractivity contribution in [3.8, 4) is 11.3 Å². The van der Waals surface area contributed by atoms with E-state index in [0.29, 0.717) is 4.90 Å². The number of halogens is 6. The minimum absolute atomic E-state index is 0.0373. The molecule has 3 aromatic rings. The van der Waals surface area contributed by atoms with Crippen LogP contribution in [-0.2, 0) is 4.74 Å². The number of aromatic nitrogens is 3. The maximum atomic E-state index is 13.6. The maximum Gasteiger partial charge on any atom is 0.194 e. The highest BCUT2D eigenvalue weighted by Crippen LogP contribution is 2.41. The second-order valence-corrected chi connectivity index (χ2v) is 9.72. The minimum Gasteiger partial charge on any atom is -0.394 e. The molecule has 2 aromatic carbocycles. The van der Waals surface area contributed by atoms with E-state index in [1.807, 2.05) is 0 Å². The summed E-state index contributed by atoms with van der Waals surface area (Å²) in [5, 5.41) is 39.5. The molecular formula is C20H15Cl3F3N3O4S. The van der Waals surface area contributed by atoms with E-state index in [9.17, 15) is 28.5 Å². The Morgan fingerprint density at radius 1 is 1.00 bits per heavy atom. The fourth-order valence-electron chi connectivity index (χ4n) is 3.47. The quantitative estimate of drug-likeness (QED) is 0.407. The number of aliphatic hydroxyl groups is 3. The predicted molar refractivity (Wildman–Crippen MR) is 119 cm³/mol. The van der Waals surface area contributed by atoms with E-state index in [-0.39, 0.29) is 26.3 Å². The maximum absolute atomic E-state index is 13.6. The van der Waals surface area contributed by atoms with E-state index >= 15 is 0 Å². The van der Waals surface area contributed by atoms with Crippen molar-refractivity contribution < 1.29 is 33.2 Å². The monoisotopic (exact) mass is 555 g/mol.